The highest BCUT2D eigenvalue weighted by Gasteiger charge is 2.24. The van der Waals surface area contributed by atoms with Crippen LogP contribution in [0.15, 0.2) is 30.3 Å². The van der Waals surface area contributed by atoms with E-state index in [-0.39, 0.29) is 18.4 Å². The van der Waals surface area contributed by atoms with Crippen molar-refractivity contribution in [3.05, 3.63) is 35.9 Å². The second-order valence-electron chi connectivity index (χ2n) is 6.38. The molecule has 128 valence electrons. The molecule has 0 spiro atoms. The van der Waals surface area contributed by atoms with Gasteiger partial charge in [-0.15, -0.1) is 0 Å². The van der Waals surface area contributed by atoms with Gasteiger partial charge in [0.05, 0.1) is 12.1 Å². The first-order valence-electron chi connectivity index (χ1n) is 8.04. The molecule has 2 unspecified atom stereocenters. The van der Waals surface area contributed by atoms with Crippen LogP contribution in [-0.4, -0.2) is 47.1 Å². The number of nitrogens with one attached hydrogen (secondary N) is 1. The molecule has 0 radical (unpaired) electrons. The molecular formula is C18H28N2O3. The predicted molar refractivity (Wildman–Crippen MR) is 90.8 cm³/mol. The van der Waals surface area contributed by atoms with Crippen LogP contribution in [0.3, 0.4) is 0 Å². The molecule has 0 aromatic heterocycles. The Balaban J connectivity index is 2.79. The lowest BCUT2D eigenvalue weighted by Gasteiger charge is -2.30. The van der Waals surface area contributed by atoms with Gasteiger partial charge < -0.3 is 15.3 Å². The van der Waals surface area contributed by atoms with Gasteiger partial charge in [0, 0.05) is 26.9 Å². The predicted octanol–water partition coefficient (Wildman–Crippen LogP) is 1.60. The number of amides is 2. The third kappa shape index (κ3) is 7.28. The highest BCUT2D eigenvalue weighted by molar-refractivity contribution is 5.74. The van der Waals surface area contributed by atoms with Crippen molar-refractivity contribution in [2.45, 2.75) is 46.3 Å². The summed E-state index contributed by atoms with van der Waals surface area (Å²) in [5.74, 6) is 0.0571. The SMILES string of the molecule is CC(=O)NC(Cc1ccccc1)C(O)CN(CC(C)C)C(C)=O. The highest BCUT2D eigenvalue weighted by Crippen LogP contribution is 2.09. The summed E-state index contributed by atoms with van der Waals surface area (Å²) >= 11 is 0. The molecule has 1 rings (SSSR count). The van der Waals surface area contributed by atoms with Gasteiger partial charge in [-0.2, -0.15) is 0 Å². The smallest absolute Gasteiger partial charge is 0.219 e. The van der Waals surface area contributed by atoms with E-state index in [9.17, 15) is 14.7 Å². The molecule has 0 fully saturated rings. The van der Waals surface area contributed by atoms with E-state index in [1.54, 1.807) is 4.90 Å². The average molecular weight is 320 g/mol. The van der Waals surface area contributed by atoms with Crippen LogP contribution in [0.4, 0.5) is 0 Å². The zero-order valence-corrected chi connectivity index (χ0v) is 14.5. The maximum absolute atomic E-state index is 11.7. The standard InChI is InChI=1S/C18H28N2O3/c1-13(2)11-20(15(4)22)12-18(23)17(19-14(3)21)10-16-8-6-5-7-9-16/h5-9,13,17-18,23H,10-12H2,1-4H3,(H,19,21). The Hall–Kier alpha value is -1.88. The van der Waals surface area contributed by atoms with Gasteiger partial charge in [-0.05, 0) is 17.9 Å². The summed E-state index contributed by atoms with van der Waals surface area (Å²) in [5, 5.41) is 13.3. The topological polar surface area (TPSA) is 69.6 Å². The molecule has 0 aliphatic heterocycles. The van der Waals surface area contributed by atoms with E-state index < -0.39 is 12.1 Å². The first kappa shape index (κ1) is 19.2. The molecule has 0 bridgehead atoms. The number of aliphatic hydroxyl groups is 1. The molecule has 0 aliphatic carbocycles. The number of hydrogen-bond acceptors (Lipinski definition) is 3. The van der Waals surface area contributed by atoms with Gasteiger partial charge in [-0.25, -0.2) is 0 Å². The van der Waals surface area contributed by atoms with E-state index in [0.717, 1.165) is 5.56 Å². The summed E-state index contributed by atoms with van der Waals surface area (Å²) in [6.45, 7) is 7.78. The van der Waals surface area contributed by atoms with Crippen LogP contribution in [0.5, 0.6) is 0 Å². The van der Waals surface area contributed by atoms with E-state index in [1.165, 1.54) is 13.8 Å². The summed E-state index contributed by atoms with van der Waals surface area (Å²) in [4.78, 5) is 24.8. The van der Waals surface area contributed by atoms with Gasteiger partial charge >= 0.3 is 0 Å². The number of rotatable bonds is 8. The lowest BCUT2D eigenvalue weighted by atomic mass is 10.0. The van der Waals surface area contributed by atoms with Crippen LogP contribution >= 0.6 is 0 Å². The van der Waals surface area contributed by atoms with Crippen molar-refractivity contribution in [2.24, 2.45) is 5.92 Å². The second-order valence-corrected chi connectivity index (χ2v) is 6.38. The molecule has 0 heterocycles. The van der Waals surface area contributed by atoms with Crippen molar-refractivity contribution in [3.63, 3.8) is 0 Å². The second kappa shape index (κ2) is 9.30. The molecule has 5 nitrogen and oxygen atoms in total. The minimum atomic E-state index is -0.818. The van der Waals surface area contributed by atoms with E-state index in [2.05, 4.69) is 5.32 Å². The zero-order chi connectivity index (χ0) is 17.4. The number of nitrogens with zero attached hydrogens (tertiary/aromatic N) is 1. The fourth-order valence-corrected chi connectivity index (χ4v) is 2.54. The maximum Gasteiger partial charge on any atom is 0.219 e. The van der Waals surface area contributed by atoms with Gasteiger partial charge in [0.15, 0.2) is 0 Å². The average Bonchev–Trinajstić information content (AvgIpc) is 2.45. The van der Waals surface area contributed by atoms with Crippen molar-refractivity contribution in [3.8, 4) is 0 Å². The van der Waals surface area contributed by atoms with Crippen molar-refractivity contribution in [2.75, 3.05) is 13.1 Å². The maximum atomic E-state index is 11.7. The number of aliphatic hydroxyl groups excluding tert-OH is 1. The molecular weight excluding hydrogens is 292 g/mol. The van der Waals surface area contributed by atoms with Gasteiger partial charge in [0.25, 0.3) is 0 Å². The summed E-state index contributed by atoms with van der Waals surface area (Å²) in [6.07, 6.45) is -0.295. The molecule has 1 aromatic rings. The van der Waals surface area contributed by atoms with Crippen molar-refractivity contribution < 1.29 is 14.7 Å². The first-order valence-corrected chi connectivity index (χ1v) is 8.04. The Morgan fingerprint density at radius 2 is 1.74 bits per heavy atom. The van der Waals surface area contributed by atoms with Gasteiger partial charge in [0.2, 0.25) is 11.8 Å². The lowest BCUT2D eigenvalue weighted by molar-refractivity contribution is -0.131. The first-order chi connectivity index (χ1) is 10.8. The normalized spacial score (nSPS) is 13.5. The number of carbonyl (C=O) groups excluding carboxylic acids is 2. The molecule has 2 atom stereocenters. The Morgan fingerprint density at radius 3 is 2.22 bits per heavy atom. The van der Waals surface area contributed by atoms with Crippen molar-refractivity contribution in [1.82, 2.24) is 10.2 Å². The Bertz CT molecular complexity index is 502. The molecule has 0 saturated heterocycles. The Kier molecular flexibility index (Phi) is 7.75. The van der Waals surface area contributed by atoms with Crippen LogP contribution in [-0.2, 0) is 16.0 Å². The quantitative estimate of drug-likeness (QED) is 0.764. The lowest BCUT2D eigenvalue weighted by Crippen LogP contribution is -2.50. The molecule has 2 N–H and O–H groups in total. The number of carbonyl (C=O) groups is 2. The third-order valence-corrected chi connectivity index (χ3v) is 3.59. The van der Waals surface area contributed by atoms with Crippen LogP contribution in [0.25, 0.3) is 0 Å². The summed E-state index contributed by atoms with van der Waals surface area (Å²) in [6, 6.07) is 9.26. The van der Waals surface area contributed by atoms with E-state index in [4.69, 9.17) is 0 Å². The Morgan fingerprint density at radius 1 is 1.13 bits per heavy atom. The fraction of sp³-hybridized carbons (Fsp3) is 0.556. The van der Waals surface area contributed by atoms with Crippen molar-refractivity contribution >= 4 is 11.8 Å². The van der Waals surface area contributed by atoms with E-state index >= 15 is 0 Å². The van der Waals surface area contributed by atoms with Gasteiger partial charge in [0.1, 0.15) is 0 Å². The van der Waals surface area contributed by atoms with Gasteiger partial charge in [-0.1, -0.05) is 44.2 Å². The number of hydrogen-bond donors (Lipinski definition) is 2. The van der Waals surface area contributed by atoms with Crippen LogP contribution in [0.2, 0.25) is 0 Å². The van der Waals surface area contributed by atoms with E-state index in [0.29, 0.717) is 18.9 Å². The van der Waals surface area contributed by atoms with Crippen LogP contribution in [0, 0.1) is 5.92 Å². The summed E-state index contributed by atoms with van der Waals surface area (Å²) in [5.41, 5.74) is 1.03. The molecule has 2 amide bonds. The molecule has 23 heavy (non-hydrogen) atoms. The third-order valence-electron chi connectivity index (χ3n) is 3.59. The fourth-order valence-electron chi connectivity index (χ4n) is 2.54. The monoisotopic (exact) mass is 320 g/mol. The molecule has 1 aromatic carbocycles. The highest BCUT2D eigenvalue weighted by atomic mass is 16.3. The summed E-state index contributed by atoms with van der Waals surface area (Å²) in [7, 11) is 0. The summed E-state index contributed by atoms with van der Waals surface area (Å²) < 4.78 is 0. The van der Waals surface area contributed by atoms with E-state index in [1.807, 2.05) is 44.2 Å². The van der Waals surface area contributed by atoms with Crippen LogP contribution < -0.4 is 5.32 Å². The zero-order valence-electron chi connectivity index (χ0n) is 14.5. The van der Waals surface area contributed by atoms with Crippen LogP contribution in [0.1, 0.15) is 33.3 Å². The molecule has 0 saturated carbocycles. The Labute approximate surface area is 138 Å². The number of benzene rings is 1. The minimum Gasteiger partial charge on any atom is -0.389 e. The largest absolute Gasteiger partial charge is 0.389 e. The van der Waals surface area contributed by atoms with Gasteiger partial charge in [-0.3, -0.25) is 9.59 Å². The molecule has 0 aliphatic rings. The minimum absolute atomic E-state index is 0.0703. The van der Waals surface area contributed by atoms with Crippen molar-refractivity contribution in [1.29, 1.82) is 0 Å². The molecule has 5 heteroatoms.